The van der Waals surface area contributed by atoms with Gasteiger partial charge in [0.05, 0.1) is 11.2 Å². The topological polar surface area (TPSA) is 24.9 Å². The lowest BCUT2D eigenvalue weighted by Gasteiger charge is -2.32. The van der Waals surface area contributed by atoms with Crippen LogP contribution in [0.4, 0.5) is 34.1 Å². The number of nitrogens with zero attached hydrogens (tertiary/aromatic N) is 2. The average molecular weight is 791 g/mol. The average Bonchev–Trinajstić information content (AvgIpc) is 3.53. The first-order valence-electron chi connectivity index (χ1n) is 21.1. The maximum atomic E-state index is 6.65. The van der Waals surface area contributed by atoms with Gasteiger partial charge >= 0.3 is 7.12 Å². The second kappa shape index (κ2) is 15.6. The number of rotatable bonds is 9. The van der Waals surface area contributed by atoms with Gasteiger partial charge in [-0.15, -0.1) is 0 Å². The molecule has 0 N–H and O–H groups in total. The Morgan fingerprint density at radius 1 is 0.328 bits per heavy atom. The fourth-order valence-corrected chi connectivity index (χ4v) is 8.70. The second-order valence-electron chi connectivity index (χ2n) is 16.8. The zero-order valence-electron chi connectivity index (χ0n) is 35.0. The Morgan fingerprint density at radius 2 is 0.639 bits per heavy atom. The number of fused-ring (bicyclic) bond motifs is 2. The van der Waals surface area contributed by atoms with Gasteiger partial charge in [0, 0.05) is 34.1 Å². The molecule has 0 radical (unpaired) electrons. The quantitative estimate of drug-likeness (QED) is 0.107. The minimum atomic E-state index is -0.494. The van der Waals surface area contributed by atoms with E-state index in [0.29, 0.717) is 0 Å². The monoisotopic (exact) mass is 790 g/mol. The van der Waals surface area contributed by atoms with Gasteiger partial charge in [0.15, 0.2) is 0 Å². The van der Waals surface area contributed by atoms with E-state index in [1.54, 1.807) is 0 Å². The normalized spacial score (nSPS) is 14.3. The molecule has 1 aliphatic heterocycles. The molecule has 0 aliphatic carbocycles. The highest BCUT2D eigenvalue weighted by Crippen LogP contribution is 2.46. The van der Waals surface area contributed by atoms with E-state index in [2.05, 4.69) is 250 Å². The van der Waals surface area contributed by atoms with Crippen molar-refractivity contribution in [2.45, 2.75) is 38.9 Å². The van der Waals surface area contributed by atoms with Crippen LogP contribution >= 0.6 is 0 Å². The van der Waals surface area contributed by atoms with Crippen LogP contribution in [0.2, 0.25) is 0 Å². The third kappa shape index (κ3) is 7.06. The fraction of sp³-hybridized carbons (Fsp3) is 0.107. The van der Waals surface area contributed by atoms with Crippen molar-refractivity contribution in [2.75, 3.05) is 9.80 Å². The highest BCUT2D eigenvalue weighted by Gasteiger charge is 2.51. The van der Waals surface area contributed by atoms with Gasteiger partial charge < -0.3 is 19.1 Å². The van der Waals surface area contributed by atoms with Crippen molar-refractivity contribution in [3.8, 4) is 22.3 Å². The molecular formula is C56H47BN2O2. The third-order valence-electron chi connectivity index (χ3n) is 12.5. The minimum absolute atomic E-state index is 0.460. The summed E-state index contributed by atoms with van der Waals surface area (Å²) >= 11 is 0. The predicted molar refractivity (Wildman–Crippen MR) is 257 cm³/mol. The first kappa shape index (κ1) is 38.3. The van der Waals surface area contributed by atoms with Crippen LogP contribution in [0.5, 0.6) is 0 Å². The maximum absolute atomic E-state index is 6.65. The summed E-state index contributed by atoms with van der Waals surface area (Å²) in [5.74, 6) is 0. The molecule has 9 aromatic rings. The maximum Gasteiger partial charge on any atom is 0.494 e. The van der Waals surface area contributed by atoms with E-state index in [0.717, 1.165) is 56.1 Å². The van der Waals surface area contributed by atoms with Crippen LogP contribution in [0, 0.1) is 0 Å². The van der Waals surface area contributed by atoms with Crippen LogP contribution in [0.3, 0.4) is 0 Å². The molecule has 0 unspecified atom stereocenters. The number of hydrogen-bond acceptors (Lipinski definition) is 4. The van der Waals surface area contributed by atoms with Crippen molar-refractivity contribution in [3.05, 3.63) is 212 Å². The summed E-state index contributed by atoms with van der Waals surface area (Å²) in [6, 6.07) is 75.9. The number of hydrogen-bond donors (Lipinski definition) is 0. The van der Waals surface area contributed by atoms with Crippen molar-refractivity contribution < 1.29 is 9.31 Å². The molecule has 4 nitrogen and oxygen atoms in total. The highest BCUT2D eigenvalue weighted by atomic mass is 16.7. The second-order valence-corrected chi connectivity index (χ2v) is 16.8. The van der Waals surface area contributed by atoms with E-state index in [9.17, 15) is 0 Å². The summed E-state index contributed by atoms with van der Waals surface area (Å²) in [5.41, 5.74) is 11.4. The smallest absolute Gasteiger partial charge is 0.399 e. The van der Waals surface area contributed by atoms with Crippen LogP contribution in [0.15, 0.2) is 212 Å². The van der Waals surface area contributed by atoms with Gasteiger partial charge in [0.25, 0.3) is 0 Å². The summed E-state index contributed by atoms with van der Waals surface area (Å²) in [6.07, 6.45) is 0. The molecule has 0 aromatic heterocycles. The molecule has 1 heterocycles. The Morgan fingerprint density at radius 3 is 1.02 bits per heavy atom. The van der Waals surface area contributed by atoms with Crippen LogP contribution in [-0.2, 0) is 9.31 Å². The van der Waals surface area contributed by atoms with Crippen molar-refractivity contribution in [2.24, 2.45) is 0 Å². The van der Waals surface area contributed by atoms with E-state index < -0.39 is 18.3 Å². The third-order valence-corrected chi connectivity index (χ3v) is 12.5. The summed E-state index contributed by atoms with van der Waals surface area (Å²) in [5, 5.41) is 4.70. The summed E-state index contributed by atoms with van der Waals surface area (Å²) < 4.78 is 13.3. The summed E-state index contributed by atoms with van der Waals surface area (Å²) in [4.78, 5) is 4.61. The zero-order valence-corrected chi connectivity index (χ0v) is 35.0. The number of anilines is 6. The molecule has 5 heteroatoms. The Hall–Kier alpha value is -6.92. The molecule has 1 fully saturated rings. The Kier molecular flexibility index (Phi) is 9.79. The van der Waals surface area contributed by atoms with Gasteiger partial charge in [-0.05, 0) is 150 Å². The van der Waals surface area contributed by atoms with Gasteiger partial charge in [-0.25, -0.2) is 0 Å². The molecule has 296 valence electrons. The number of benzene rings is 9. The van der Waals surface area contributed by atoms with E-state index >= 15 is 0 Å². The number of para-hydroxylation sites is 4. The van der Waals surface area contributed by atoms with Gasteiger partial charge in [-0.3, -0.25) is 0 Å². The molecule has 0 saturated carbocycles. The van der Waals surface area contributed by atoms with Crippen molar-refractivity contribution in [1.82, 2.24) is 0 Å². The SMILES string of the molecule is CC1(C)OB(c2ccc3c(-c4ccc(N(c5ccccc5)c5ccccc5)cc4)c4ccccc4c(-c4ccc(N(c5ccccc5)c5ccccc5)cc4)c3c2)OC1(C)C. The summed E-state index contributed by atoms with van der Waals surface area (Å²) in [6.45, 7) is 8.45. The highest BCUT2D eigenvalue weighted by molar-refractivity contribution is 6.62. The van der Waals surface area contributed by atoms with E-state index in [-0.39, 0.29) is 0 Å². The van der Waals surface area contributed by atoms with Crippen molar-refractivity contribution >= 4 is 68.3 Å². The molecule has 9 aromatic carbocycles. The Labute approximate surface area is 359 Å². The largest absolute Gasteiger partial charge is 0.494 e. The lowest BCUT2D eigenvalue weighted by molar-refractivity contribution is 0.00578. The first-order valence-corrected chi connectivity index (χ1v) is 21.1. The Bertz CT molecular complexity index is 2860. The lowest BCUT2D eigenvalue weighted by atomic mass is 9.76. The van der Waals surface area contributed by atoms with Crippen LogP contribution in [0.1, 0.15) is 27.7 Å². The lowest BCUT2D eigenvalue weighted by Crippen LogP contribution is -2.41. The van der Waals surface area contributed by atoms with Gasteiger partial charge in [-0.2, -0.15) is 0 Å². The van der Waals surface area contributed by atoms with Gasteiger partial charge in [0.2, 0.25) is 0 Å². The summed E-state index contributed by atoms with van der Waals surface area (Å²) in [7, 11) is -0.494. The fourth-order valence-electron chi connectivity index (χ4n) is 8.70. The molecule has 1 aliphatic rings. The van der Waals surface area contributed by atoms with Crippen LogP contribution in [-0.4, -0.2) is 18.3 Å². The van der Waals surface area contributed by atoms with Crippen molar-refractivity contribution in [1.29, 1.82) is 0 Å². The van der Waals surface area contributed by atoms with Crippen LogP contribution < -0.4 is 15.3 Å². The first-order chi connectivity index (χ1) is 29.8. The Balaban J connectivity index is 1.15. The zero-order chi connectivity index (χ0) is 41.6. The molecular weight excluding hydrogens is 743 g/mol. The predicted octanol–water partition coefficient (Wildman–Crippen LogP) is 14.6. The van der Waals surface area contributed by atoms with E-state index in [1.807, 2.05) is 0 Å². The van der Waals surface area contributed by atoms with Gasteiger partial charge in [-0.1, -0.05) is 140 Å². The van der Waals surface area contributed by atoms with E-state index in [4.69, 9.17) is 9.31 Å². The molecule has 0 amide bonds. The molecule has 61 heavy (non-hydrogen) atoms. The van der Waals surface area contributed by atoms with Crippen LogP contribution in [0.25, 0.3) is 43.8 Å². The molecule has 0 atom stereocenters. The van der Waals surface area contributed by atoms with E-state index in [1.165, 1.54) is 27.3 Å². The van der Waals surface area contributed by atoms with Gasteiger partial charge in [0.1, 0.15) is 0 Å². The minimum Gasteiger partial charge on any atom is -0.399 e. The van der Waals surface area contributed by atoms with Crippen molar-refractivity contribution in [3.63, 3.8) is 0 Å². The standard InChI is InChI=1S/C56H47BN2O2/c1-55(2)56(3,4)61-57(60-55)42-33-38-51-52(39-42)54(41-31-36-48(37-32-41)59(45-23-13-7-14-24-45)46-25-15-8-16-26-46)50-28-18-17-27-49(50)53(51)40-29-34-47(35-30-40)58(43-19-9-5-10-20-43)44-21-11-6-12-22-44/h5-39H,1-4H3. The molecule has 1 saturated heterocycles. The molecule has 0 bridgehead atoms. The molecule has 0 spiro atoms. The molecule has 10 rings (SSSR count).